The molecule has 0 fully saturated rings. The highest BCUT2D eigenvalue weighted by Crippen LogP contribution is 2.27. The summed E-state index contributed by atoms with van der Waals surface area (Å²) in [6, 6.07) is 5.65. The van der Waals surface area contributed by atoms with Crippen molar-refractivity contribution in [1.82, 2.24) is 0 Å². The van der Waals surface area contributed by atoms with Crippen LogP contribution in [0, 0.1) is 0 Å². The van der Waals surface area contributed by atoms with Crippen LogP contribution in [-0.4, -0.2) is 11.1 Å². The minimum atomic E-state index is -0.854. The Bertz CT molecular complexity index is 398. The second-order valence-corrected chi connectivity index (χ2v) is 5.55. The number of benzene rings is 1. The van der Waals surface area contributed by atoms with Crippen LogP contribution in [-0.2, 0) is 5.41 Å². The fraction of sp³-hybridized carbons (Fsp3) is 0.500. The smallest absolute Gasteiger partial charge is 0.335 e. The van der Waals surface area contributed by atoms with E-state index < -0.39 is 5.97 Å². The fourth-order valence-electron chi connectivity index (χ4n) is 1.54. The molecule has 0 atom stereocenters. The van der Waals surface area contributed by atoms with Gasteiger partial charge in [-0.05, 0) is 34.6 Å². The van der Waals surface area contributed by atoms with Crippen molar-refractivity contribution in [3.63, 3.8) is 0 Å². The van der Waals surface area contributed by atoms with Crippen LogP contribution in [0.25, 0.3) is 0 Å². The third kappa shape index (κ3) is 2.84. The highest BCUT2D eigenvalue weighted by atomic mass is 16.4. The molecule has 0 amide bonds. The average Bonchev–Trinajstić information content (AvgIpc) is 2.15. The summed E-state index contributed by atoms with van der Waals surface area (Å²) in [5.74, 6) is -0.506. The van der Waals surface area contributed by atoms with Gasteiger partial charge in [0, 0.05) is 0 Å². The number of hydrogen-bond acceptors (Lipinski definition) is 1. The normalized spacial score (nSPS) is 11.9. The molecule has 16 heavy (non-hydrogen) atoms. The molecule has 0 saturated heterocycles. The Labute approximate surface area is 97.3 Å². The molecule has 0 aliphatic carbocycles. The van der Waals surface area contributed by atoms with Crippen LogP contribution in [0.4, 0.5) is 0 Å². The van der Waals surface area contributed by atoms with E-state index in [-0.39, 0.29) is 5.41 Å². The van der Waals surface area contributed by atoms with Gasteiger partial charge in [-0.2, -0.15) is 0 Å². The van der Waals surface area contributed by atoms with Gasteiger partial charge in [0.1, 0.15) is 0 Å². The van der Waals surface area contributed by atoms with Gasteiger partial charge in [-0.25, -0.2) is 4.79 Å². The first-order valence-electron chi connectivity index (χ1n) is 5.60. The predicted molar refractivity (Wildman–Crippen MR) is 66.2 cm³/mol. The summed E-state index contributed by atoms with van der Waals surface area (Å²) in [7, 11) is 0. The summed E-state index contributed by atoms with van der Waals surface area (Å²) in [4.78, 5) is 11.1. The van der Waals surface area contributed by atoms with E-state index in [9.17, 15) is 4.79 Å². The monoisotopic (exact) mass is 220 g/mol. The van der Waals surface area contributed by atoms with Crippen LogP contribution < -0.4 is 0 Å². The molecule has 2 heteroatoms. The lowest BCUT2D eigenvalue weighted by Gasteiger charge is -2.21. The van der Waals surface area contributed by atoms with Gasteiger partial charge in [-0.3, -0.25) is 0 Å². The summed E-state index contributed by atoms with van der Waals surface area (Å²) in [5.41, 5.74) is 2.53. The Morgan fingerprint density at radius 1 is 1.19 bits per heavy atom. The Balaban J connectivity index is 3.36. The van der Waals surface area contributed by atoms with Crippen molar-refractivity contribution in [2.45, 2.75) is 46.0 Å². The maximum atomic E-state index is 11.1. The van der Waals surface area contributed by atoms with E-state index in [1.165, 1.54) is 0 Å². The van der Waals surface area contributed by atoms with Crippen LogP contribution >= 0.6 is 0 Å². The molecule has 0 spiro atoms. The minimum absolute atomic E-state index is 0.0188. The Morgan fingerprint density at radius 2 is 1.75 bits per heavy atom. The molecule has 1 rings (SSSR count). The largest absolute Gasteiger partial charge is 0.478 e. The van der Waals surface area contributed by atoms with Gasteiger partial charge in [0.15, 0.2) is 0 Å². The maximum Gasteiger partial charge on any atom is 0.335 e. The van der Waals surface area contributed by atoms with E-state index in [2.05, 4.69) is 40.7 Å². The first-order valence-corrected chi connectivity index (χ1v) is 5.60. The topological polar surface area (TPSA) is 37.3 Å². The van der Waals surface area contributed by atoms with Crippen molar-refractivity contribution < 1.29 is 9.90 Å². The fourth-order valence-corrected chi connectivity index (χ4v) is 1.54. The van der Waals surface area contributed by atoms with Gasteiger partial charge in [0.2, 0.25) is 0 Å². The van der Waals surface area contributed by atoms with Gasteiger partial charge < -0.3 is 5.11 Å². The van der Waals surface area contributed by atoms with Crippen LogP contribution in [0.1, 0.15) is 62.0 Å². The average molecular weight is 220 g/mol. The molecule has 1 N–H and O–H groups in total. The first kappa shape index (κ1) is 12.8. The lowest BCUT2D eigenvalue weighted by atomic mass is 9.83. The molecular formula is C14H20O2. The van der Waals surface area contributed by atoms with E-state index in [0.29, 0.717) is 11.5 Å². The van der Waals surface area contributed by atoms with Crippen LogP contribution in [0.2, 0.25) is 0 Å². The number of rotatable bonds is 2. The van der Waals surface area contributed by atoms with E-state index >= 15 is 0 Å². The van der Waals surface area contributed by atoms with E-state index in [4.69, 9.17) is 5.11 Å². The molecule has 2 nitrogen and oxygen atoms in total. The summed E-state index contributed by atoms with van der Waals surface area (Å²) in [6.45, 7) is 10.4. The van der Waals surface area contributed by atoms with Crippen molar-refractivity contribution in [1.29, 1.82) is 0 Å². The summed E-state index contributed by atoms with van der Waals surface area (Å²) in [6.07, 6.45) is 0. The second kappa shape index (κ2) is 4.28. The highest BCUT2D eigenvalue weighted by Gasteiger charge is 2.17. The zero-order valence-corrected chi connectivity index (χ0v) is 10.7. The molecule has 0 heterocycles. The number of carboxylic acid groups (broad SMARTS) is 1. The summed E-state index contributed by atoms with van der Waals surface area (Å²) >= 11 is 0. The molecule has 0 unspecified atom stereocenters. The Morgan fingerprint density at radius 3 is 2.12 bits per heavy atom. The molecule has 1 aromatic rings. The van der Waals surface area contributed by atoms with Gasteiger partial charge in [0.05, 0.1) is 5.56 Å². The van der Waals surface area contributed by atoms with Crippen molar-refractivity contribution >= 4 is 5.97 Å². The summed E-state index contributed by atoms with van der Waals surface area (Å²) < 4.78 is 0. The van der Waals surface area contributed by atoms with Crippen molar-refractivity contribution in [3.05, 3.63) is 34.9 Å². The molecule has 0 aromatic heterocycles. The predicted octanol–water partition coefficient (Wildman–Crippen LogP) is 3.81. The molecule has 0 aliphatic heterocycles. The Hall–Kier alpha value is -1.31. The molecule has 0 radical (unpaired) electrons. The standard InChI is InChI=1S/C14H20O2/c1-9(2)10-6-11(13(15)16)8-12(7-10)14(3,4)5/h6-9H,1-5H3,(H,15,16). The zero-order valence-electron chi connectivity index (χ0n) is 10.7. The van der Waals surface area contributed by atoms with Crippen molar-refractivity contribution in [3.8, 4) is 0 Å². The van der Waals surface area contributed by atoms with Crippen molar-refractivity contribution in [2.75, 3.05) is 0 Å². The van der Waals surface area contributed by atoms with Gasteiger partial charge in [0.25, 0.3) is 0 Å². The van der Waals surface area contributed by atoms with Gasteiger partial charge in [-0.15, -0.1) is 0 Å². The third-order valence-electron chi connectivity index (χ3n) is 2.73. The van der Waals surface area contributed by atoms with Crippen molar-refractivity contribution in [2.24, 2.45) is 0 Å². The van der Waals surface area contributed by atoms with Crippen LogP contribution in [0.5, 0.6) is 0 Å². The molecule has 0 bridgehead atoms. The molecule has 88 valence electrons. The van der Waals surface area contributed by atoms with E-state index in [0.717, 1.165) is 11.1 Å². The van der Waals surface area contributed by atoms with Gasteiger partial charge in [-0.1, -0.05) is 40.7 Å². The van der Waals surface area contributed by atoms with E-state index in [1.807, 2.05) is 0 Å². The number of hydrogen-bond donors (Lipinski definition) is 1. The second-order valence-electron chi connectivity index (χ2n) is 5.55. The molecule has 0 saturated carbocycles. The first-order chi connectivity index (χ1) is 7.21. The summed E-state index contributed by atoms with van der Waals surface area (Å²) in [5, 5.41) is 9.08. The number of aromatic carboxylic acids is 1. The lowest BCUT2D eigenvalue weighted by Crippen LogP contribution is -2.13. The number of carbonyl (C=O) groups is 1. The molecule has 0 aliphatic rings. The SMILES string of the molecule is CC(C)c1cc(C(=O)O)cc(C(C)(C)C)c1. The third-order valence-corrected chi connectivity index (χ3v) is 2.73. The minimum Gasteiger partial charge on any atom is -0.478 e. The lowest BCUT2D eigenvalue weighted by molar-refractivity contribution is 0.0696. The Kier molecular flexibility index (Phi) is 3.41. The van der Waals surface area contributed by atoms with Gasteiger partial charge >= 0.3 is 5.97 Å². The number of carboxylic acids is 1. The maximum absolute atomic E-state index is 11.1. The molecular weight excluding hydrogens is 200 g/mol. The highest BCUT2D eigenvalue weighted by molar-refractivity contribution is 5.88. The molecule has 1 aromatic carbocycles. The van der Waals surface area contributed by atoms with Crippen LogP contribution in [0.15, 0.2) is 18.2 Å². The zero-order chi connectivity index (χ0) is 12.5. The quantitative estimate of drug-likeness (QED) is 0.823. The van der Waals surface area contributed by atoms with E-state index in [1.54, 1.807) is 12.1 Å². The van der Waals surface area contributed by atoms with Crippen LogP contribution in [0.3, 0.4) is 0 Å².